The molecule has 0 bridgehead atoms. The molecule has 1 aromatic carbocycles. The van der Waals surface area contributed by atoms with E-state index in [1.54, 1.807) is 24.1 Å². The van der Waals surface area contributed by atoms with Gasteiger partial charge in [0.15, 0.2) is 0 Å². The van der Waals surface area contributed by atoms with Crippen molar-refractivity contribution in [3.05, 3.63) is 65.1 Å². The number of hydrogen-bond donors (Lipinski definition) is 1. The Bertz CT molecular complexity index is 1180. The summed E-state index contributed by atoms with van der Waals surface area (Å²) >= 11 is 0. The molecule has 0 aliphatic carbocycles. The Morgan fingerprint density at radius 1 is 1.24 bits per heavy atom. The van der Waals surface area contributed by atoms with Crippen LogP contribution < -0.4 is 4.72 Å². The third kappa shape index (κ3) is 5.03. The molecule has 3 rings (SSSR count). The predicted molar refractivity (Wildman–Crippen MR) is 114 cm³/mol. The van der Waals surface area contributed by atoms with E-state index < -0.39 is 10.0 Å². The molecule has 0 spiro atoms. The summed E-state index contributed by atoms with van der Waals surface area (Å²) in [6.45, 7) is 4.35. The predicted octanol–water partition coefficient (Wildman–Crippen LogP) is 3.49. The summed E-state index contributed by atoms with van der Waals surface area (Å²) in [5, 5.41) is 1.06. The molecule has 0 fully saturated rings. The molecule has 1 N–H and O–H groups in total. The van der Waals surface area contributed by atoms with Crippen molar-refractivity contribution < 1.29 is 17.6 Å². The topological polar surface area (TPSA) is 92.5 Å². The van der Waals surface area contributed by atoms with E-state index in [0.717, 1.165) is 34.1 Å². The van der Waals surface area contributed by atoms with Crippen LogP contribution in [0.15, 0.2) is 47.0 Å². The van der Waals surface area contributed by atoms with Gasteiger partial charge < -0.3 is 9.32 Å². The highest BCUT2D eigenvalue weighted by atomic mass is 32.2. The van der Waals surface area contributed by atoms with Gasteiger partial charge in [0.05, 0.1) is 12.8 Å². The number of hydrogen-bond acceptors (Lipinski definition) is 5. The summed E-state index contributed by atoms with van der Waals surface area (Å²) in [4.78, 5) is 18.0. The van der Waals surface area contributed by atoms with Gasteiger partial charge in [-0.3, -0.25) is 9.52 Å². The Morgan fingerprint density at radius 3 is 2.62 bits per heavy atom. The maximum absolute atomic E-state index is 12.5. The number of carbonyl (C=O) groups is 1. The molecule has 0 saturated heterocycles. The van der Waals surface area contributed by atoms with Gasteiger partial charge in [-0.15, -0.1) is 0 Å². The Kier molecular flexibility index (Phi) is 5.74. The van der Waals surface area contributed by atoms with Crippen molar-refractivity contribution >= 4 is 38.8 Å². The fourth-order valence-electron chi connectivity index (χ4n) is 2.93. The fraction of sp³-hybridized carbons (Fsp3) is 0.238. The van der Waals surface area contributed by atoms with E-state index in [-0.39, 0.29) is 11.7 Å². The lowest BCUT2D eigenvalue weighted by Gasteiger charge is -2.13. The molecule has 0 radical (unpaired) electrons. The SMILES string of the molecule is Cc1c(CN(C)C(=O)/C=C/c2ccc(NS(C)(=O)=O)nc2)oc2c(C)cccc12. The molecule has 2 aromatic heterocycles. The number of fused-ring (bicyclic) bond motifs is 1. The number of rotatable bonds is 6. The molecule has 0 atom stereocenters. The second-order valence-corrected chi connectivity index (χ2v) is 8.73. The van der Waals surface area contributed by atoms with Gasteiger partial charge in [-0.05, 0) is 43.2 Å². The van der Waals surface area contributed by atoms with Gasteiger partial charge in [-0.1, -0.05) is 18.2 Å². The molecular formula is C21H23N3O4S. The number of pyridine rings is 1. The summed E-state index contributed by atoms with van der Waals surface area (Å²) in [5.41, 5.74) is 3.63. The molecule has 0 aliphatic rings. The van der Waals surface area contributed by atoms with Crippen LogP contribution in [-0.4, -0.2) is 37.5 Å². The molecule has 2 heterocycles. The number of likely N-dealkylation sites (N-methyl/N-ethyl adjacent to an activating group) is 1. The Balaban J connectivity index is 1.68. The molecule has 8 heteroatoms. The largest absolute Gasteiger partial charge is 0.459 e. The van der Waals surface area contributed by atoms with Crippen LogP contribution in [0.1, 0.15) is 22.5 Å². The standard InChI is InChI=1S/C21H23N3O4S/c1-14-6-5-7-17-15(2)18(28-21(14)17)13-24(3)20(25)11-9-16-8-10-19(22-12-16)23-29(4,26)27/h5-12H,13H2,1-4H3,(H,22,23)/b11-9+. The fourth-order valence-corrected chi connectivity index (χ4v) is 3.43. The van der Waals surface area contributed by atoms with Crippen molar-refractivity contribution in [1.29, 1.82) is 0 Å². The summed E-state index contributed by atoms with van der Waals surface area (Å²) in [6, 6.07) is 9.22. The van der Waals surface area contributed by atoms with Crippen LogP contribution >= 0.6 is 0 Å². The first kappa shape index (κ1) is 20.6. The molecule has 152 valence electrons. The minimum Gasteiger partial charge on any atom is -0.459 e. The molecule has 7 nitrogen and oxygen atoms in total. The maximum Gasteiger partial charge on any atom is 0.246 e. The van der Waals surface area contributed by atoms with Crippen molar-refractivity contribution in [3.8, 4) is 0 Å². The summed E-state index contributed by atoms with van der Waals surface area (Å²) < 4.78 is 30.7. The highest BCUT2D eigenvalue weighted by Gasteiger charge is 2.15. The molecule has 29 heavy (non-hydrogen) atoms. The van der Waals surface area contributed by atoms with E-state index in [2.05, 4.69) is 9.71 Å². The first-order valence-electron chi connectivity index (χ1n) is 8.98. The molecule has 0 aliphatic heterocycles. The number of amides is 1. The van der Waals surface area contributed by atoms with E-state index in [4.69, 9.17) is 4.42 Å². The van der Waals surface area contributed by atoms with Gasteiger partial charge in [-0.2, -0.15) is 0 Å². The average Bonchev–Trinajstić information content (AvgIpc) is 2.97. The highest BCUT2D eigenvalue weighted by Crippen LogP contribution is 2.28. The second kappa shape index (κ2) is 8.08. The van der Waals surface area contributed by atoms with E-state index in [1.165, 1.54) is 18.3 Å². The Labute approximate surface area is 170 Å². The van der Waals surface area contributed by atoms with Gasteiger partial charge in [0.25, 0.3) is 0 Å². The van der Waals surface area contributed by atoms with Gasteiger partial charge in [0.2, 0.25) is 15.9 Å². The van der Waals surface area contributed by atoms with Crippen molar-refractivity contribution in [3.63, 3.8) is 0 Å². The van der Waals surface area contributed by atoms with E-state index in [1.807, 2.05) is 32.0 Å². The van der Waals surface area contributed by atoms with E-state index in [9.17, 15) is 13.2 Å². The monoisotopic (exact) mass is 413 g/mol. The van der Waals surface area contributed by atoms with Crippen molar-refractivity contribution in [2.45, 2.75) is 20.4 Å². The number of benzene rings is 1. The lowest BCUT2D eigenvalue weighted by Crippen LogP contribution is -2.24. The number of nitrogens with one attached hydrogen (secondary N) is 1. The number of aryl methyl sites for hydroxylation is 2. The van der Waals surface area contributed by atoms with Crippen LogP contribution in [0.25, 0.3) is 17.0 Å². The van der Waals surface area contributed by atoms with Gasteiger partial charge >= 0.3 is 0 Å². The van der Waals surface area contributed by atoms with Crippen LogP contribution in [0.4, 0.5) is 5.82 Å². The van der Waals surface area contributed by atoms with Gasteiger partial charge in [0, 0.05) is 30.3 Å². The smallest absolute Gasteiger partial charge is 0.246 e. The van der Waals surface area contributed by atoms with Gasteiger partial charge in [-0.25, -0.2) is 13.4 Å². The zero-order valence-corrected chi connectivity index (χ0v) is 17.6. The molecule has 0 saturated carbocycles. The highest BCUT2D eigenvalue weighted by molar-refractivity contribution is 7.92. The zero-order chi connectivity index (χ0) is 21.2. The number of carbonyl (C=O) groups excluding carboxylic acids is 1. The summed E-state index contributed by atoms with van der Waals surface area (Å²) in [7, 11) is -1.66. The molecule has 1 amide bonds. The first-order chi connectivity index (χ1) is 13.6. The van der Waals surface area contributed by atoms with E-state index >= 15 is 0 Å². The van der Waals surface area contributed by atoms with Crippen LogP contribution in [0, 0.1) is 13.8 Å². The lowest BCUT2D eigenvalue weighted by atomic mass is 10.1. The van der Waals surface area contributed by atoms with Crippen LogP contribution in [0.2, 0.25) is 0 Å². The maximum atomic E-state index is 12.5. The number of sulfonamides is 1. The molecule has 3 aromatic rings. The third-order valence-electron chi connectivity index (χ3n) is 4.51. The summed E-state index contributed by atoms with van der Waals surface area (Å²) in [6.07, 6.45) is 5.63. The minimum atomic E-state index is -3.37. The summed E-state index contributed by atoms with van der Waals surface area (Å²) in [5.74, 6) is 0.806. The normalized spacial score (nSPS) is 11.9. The van der Waals surface area contributed by atoms with Crippen LogP contribution in [-0.2, 0) is 21.4 Å². The minimum absolute atomic E-state index is 0.181. The first-order valence-corrected chi connectivity index (χ1v) is 10.9. The average molecular weight is 413 g/mol. The van der Waals surface area contributed by atoms with Crippen molar-refractivity contribution in [1.82, 2.24) is 9.88 Å². The van der Waals surface area contributed by atoms with Crippen molar-refractivity contribution in [2.75, 3.05) is 18.0 Å². The van der Waals surface area contributed by atoms with Crippen LogP contribution in [0.3, 0.4) is 0 Å². The van der Waals surface area contributed by atoms with E-state index in [0.29, 0.717) is 12.1 Å². The zero-order valence-electron chi connectivity index (χ0n) is 16.8. The van der Waals surface area contributed by atoms with Crippen molar-refractivity contribution in [2.24, 2.45) is 0 Å². The number of anilines is 1. The van der Waals surface area contributed by atoms with Crippen LogP contribution in [0.5, 0.6) is 0 Å². The molecular weight excluding hydrogens is 390 g/mol. The quantitative estimate of drug-likeness (QED) is 0.625. The Morgan fingerprint density at radius 2 is 2.00 bits per heavy atom. The lowest BCUT2D eigenvalue weighted by molar-refractivity contribution is -0.125. The Hall–Kier alpha value is -3.13. The second-order valence-electron chi connectivity index (χ2n) is 6.98. The molecule has 0 unspecified atom stereocenters. The third-order valence-corrected chi connectivity index (χ3v) is 5.09. The number of aromatic nitrogens is 1. The van der Waals surface area contributed by atoms with Gasteiger partial charge in [0.1, 0.15) is 17.2 Å². The number of nitrogens with zero attached hydrogens (tertiary/aromatic N) is 2. The number of furan rings is 1. The number of para-hydroxylation sites is 1.